The molecule has 0 amide bonds. The van der Waals surface area contributed by atoms with Crippen LogP contribution in [0.1, 0.15) is 29.5 Å². The molecule has 10 nitrogen and oxygen atoms in total. The summed E-state index contributed by atoms with van der Waals surface area (Å²) >= 11 is 0. The first-order chi connectivity index (χ1) is 16.9. The summed E-state index contributed by atoms with van der Waals surface area (Å²) < 4.78 is 30.2. The summed E-state index contributed by atoms with van der Waals surface area (Å²) in [6, 6.07) is 14.2. The molecule has 0 radical (unpaired) electrons. The molecule has 0 fully saturated rings. The average molecular weight is 493 g/mol. The highest BCUT2D eigenvalue weighted by Gasteiger charge is 2.24. The van der Waals surface area contributed by atoms with Gasteiger partial charge in [-0.15, -0.1) is 10.2 Å². The predicted octanol–water partition coefficient (Wildman–Crippen LogP) is 3.44. The lowest BCUT2D eigenvalue weighted by molar-refractivity contribution is 0.276. The summed E-state index contributed by atoms with van der Waals surface area (Å²) in [5.74, 6) is 1.51. The minimum atomic E-state index is -3.23. The van der Waals surface area contributed by atoms with Crippen molar-refractivity contribution in [3.8, 4) is 11.5 Å². The summed E-state index contributed by atoms with van der Waals surface area (Å²) in [6.07, 6.45) is 2.86. The molecule has 35 heavy (non-hydrogen) atoms. The third-order valence-corrected chi connectivity index (χ3v) is 7.65. The summed E-state index contributed by atoms with van der Waals surface area (Å²) in [7, 11) is -3.23. The Kier molecular flexibility index (Phi) is 6.18. The van der Waals surface area contributed by atoms with E-state index in [9.17, 15) is 13.5 Å². The molecule has 0 saturated carbocycles. The first-order valence-corrected chi connectivity index (χ1v) is 12.8. The van der Waals surface area contributed by atoms with E-state index in [0.29, 0.717) is 40.7 Å². The summed E-state index contributed by atoms with van der Waals surface area (Å²) in [6.45, 7) is 1.52. The van der Waals surface area contributed by atoms with Crippen LogP contribution in [0.25, 0.3) is 11.5 Å². The van der Waals surface area contributed by atoms with Crippen molar-refractivity contribution in [2.24, 2.45) is 0 Å². The Morgan fingerprint density at radius 3 is 2.71 bits per heavy atom. The summed E-state index contributed by atoms with van der Waals surface area (Å²) in [5.41, 5.74) is 2.82. The van der Waals surface area contributed by atoms with Crippen molar-refractivity contribution in [2.75, 3.05) is 23.0 Å². The lowest BCUT2D eigenvalue weighted by Crippen LogP contribution is -2.17. The molecule has 1 atom stereocenters. The largest absolute Gasteiger partial charge is 0.421 e. The molecule has 0 spiro atoms. The van der Waals surface area contributed by atoms with Crippen LogP contribution in [0.2, 0.25) is 0 Å². The highest BCUT2D eigenvalue weighted by Crippen LogP contribution is 2.31. The number of aliphatic hydroxyl groups is 1. The van der Waals surface area contributed by atoms with E-state index in [1.807, 2.05) is 36.4 Å². The third-order valence-electron chi connectivity index (χ3n) is 5.75. The van der Waals surface area contributed by atoms with Gasteiger partial charge in [0.2, 0.25) is 11.8 Å². The summed E-state index contributed by atoms with van der Waals surface area (Å²) in [4.78, 5) is 9.40. The van der Waals surface area contributed by atoms with Crippen molar-refractivity contribution < 1.29 is 17.9 Å². The van der Waals surface area contributed by atoms with Crippen LogP contribution in [0.5, 0.6) is 0 Å². The van der Waals surface area contributed by atoms with Crippen LogP contribution in [-0.2, 0) is 16.3 Å². The Hall–Kier alpha value is -3.83. The number of anilines is 3. The number of aliphatic hydroxyl groups excluding tert-OH is 1. The van der Waals surface area contributed by atoms with Crippen molar-refractivity contribution in [1.82, 2.24) is 20.2 Å². The van der Waals surface area contributed by atoms with Crippen molar-refractivity contribution in [3.63, 3.8) is 0 Å². The summed E-state index contributed by atoms with van der Waals surface area (Å²) in [5, 5.41) is 24.4. The van der Waals surface area contributed by atoms with E-state index in [1.165, 1.54) is 0 Å². The van der Waals surface area contributed by atoms with E-state index < -0.39 is 15.9 Å². The fourth-order valence-corrected chi connectivity index (χ4v) is 5.63. The van der Waals surface area contributed by atoms with Crippen LogP contribution in [0, 0.1) is 6.92 Å². The maximum Gasteiger partial charge on any atom is 0.253 e. The minimum absolute atomic E-state index is 0.168. The first kappa shape index (κ1) is 22.9. The van der Waals surface area contributed by atoms with E-state index in [2.05, 4.69) is 30.8 Å². The van der Waals surface area contributed by atoms with Gasteiger partial charge in [-0.2, -0.15) is 4.98 Å². The van der Waals surface area contributed by atoms with Gasteiger partial charge in [0.1, 0.15) is 5.82 Å². The lowest BCUT2D eigenvalue weighted by Gasteiger charge is -2.20. The van der Waals surface area contributed by atoms with E-state index in [-0.39, 0.29) is 24.2 Å². The van der Waals surface area contributed by atoms with Crippen LogP contribution in [0.4, 0.5) is 17.5 Å². The van der Waals surface area contributed by atoms with E-state index in [0.717, 1.165) is 11.1 Å². The predicted molar refractivity (Wildman–Crippen MR) is 130 cm³/mol. The van der Waals surface area contributed by atoms with Crippen LogP contribution < -0.4 is 10.6 Å². The maximum absolute atomic E-state index is 12.3. The van der Waals surface area contributed by atoms with Gasteiger partial charge in [0.25, 0.3) is 5.89 Å². The Morgan fingerprint density at radius 2 is 1.97 bits per heavy atom. The Bertz CT molecular complexity index is 1460. The second kappa shape index (κ2) is 9.43. The van der Waals surface area contributed by atoms with Crippen molar-refractivity contribution >= 4 is 27.3 Å². The van der Waals surface area contributed by atoms with Gasteiger partial charge in [0, 0.05) is 18.8 Å². The quantitative estimate of drug-likeness (QED) is 0.351. The number of nitrogens with zero attached hydrogens (tertiary/aromatic N) is 4. The third kappa shape index (κ3) is 4.86. The Labute approximate surface area is 202 Å². The molecule has 0 saturated heterocycles. The van der Waals surface area contributed by atoms with Crippen molar-refractivity contribution in [2.45, 2.75) is 30.7 Å². The number of rotatable bonds is 7. The first-order valence-electron chi connectivity index (χ1n) is 11.2. The fraction of sp³-hybridized carbons (Fsp3) is 0.250. The number of aryl methyl sites for hydroxylation is 2. The zero-order valence-corrected chi connectivity index (χ0v) is 19.8. The van der Waals surface area contributed by atoms with Gasteiger partial charge in [-0.25, -0.2) is 13.4 Å². The topological polar surface area (TPSA) is 143 Å². The van der Waals surface area contributed by atoms with Gasteiger partial charge in [0.05, 0.1) is 28.9 Å². The molecule has 5 rings (SSSR count). The molecular weight excluding hydrogens is 468 g/mol. The van der Waals surface area contributed by atoms with Gasteiger partial charge < -0.3 is 20.2 Å². The van der Waals surface area contributed by atoms with E-state index in [4.69, 9.17) is 4.42 Å². The van der Waals surface area contributed by atoms with Crippen LogP contribution in [0.3, 0.4) is 0 Å². The second-order valence-electron chi connectivity index (χ2n) is 8.24. The normalized spacial score (nSPS) is 15.3. The molecule has 1 aliphatic heterocycles. The molecule has 11 heteroatoms. The number of nitrogens with one attached hydrogen (secondary N) is 2. The van der Waals surface area contributed by atoms with Crippen molar-refractivity contribution in [3.05, 3.63) is 71.7 Å². The number of benzene rings is 2. The second-order valence-corrected chi connectivity index (χ2v) is 10.3. The number of hydrogen-bond acceptors (Lipinski definition) is 10. The number of fused-ring (bicyclic) bond motifs is 1. The number of aromatic nitrogens is 4. The molecule has 1 aliphatic rings. The molecule has 180 valence electrons. The minimum Gasteiger partial charge on any atom is -0.421 e. The SMILES string of the molecule is Cc1nnc(-c2cnc(Nc3ccc4c(c3)CCCS4(=O)=O)nc2N[C@H](CO)c2ccccc2)o1. The maximum atomic E-state index is 12.3. The van der Waals surface area contributed by atoms with E-state index >= 15 is 0 Å². The monoisotopic (exact) mass is 492 g/mol. The van der Waals surface area contributed by atoms with Gasteiger partial charge in [-0.3, -0.25) is 0 Å². The molecule has 2 aromatic carbocycles. The van der Waals surface area contributed by atoms with Crippen molar-refractivity contribution in [1.29, 1.82) is 0 Å². The molecule has 3 heterocycles. The zero-order valence-electron chi connectivity index (χ0n) is 19.0. The van der Waals surface area contributed by atoms with Crippen LogP contribution >= 0.6 is 0 Å². The average Bonchev–Trinajstić information content (AvgIpc) is 3.29. The molecular formula is C24H24N6O4S. The molecule has 0 unspecified atom stereocenters. The van der Waals surface area contributed by atoms with Crippen LogP contribution in [0.15, 0.2) is 64.0 Å². The standard InChI is InChI=1S/C24H24N6O4S/c1-15-29-30-23(34-15)19-13-25-24(28-22(19)27-20(14-31)16-6-3-2-4-7-16)26-18-9-10-21-17(12-18)8-5-11-35(21,32)33/h2-4,6-7,9-10,12-13,20,31H,5,8,11,14H2,1H3,(H2,25,26,27,28)/t20-/m1/s1. The fourth-order valence-electron chi connectivity index (χ4n) is 4.05. The van der Waals surface area contributed by atoms with Gasteiger partial charge >= 0.3 is 0 Å². The number of sulfone groups is 1. The molecule has 3 N–H and O–H groups in total. The van der Waals surface area contributed by atoms with Crippen LogP contribution in [-0.4, -0.2) is 46.0 Å². The molecule has 4 aromatic rings. The smallest absolute Gasteiger partial charge is 0.253 e. The molecule has 0 bridgehead atoms. The van der Waals surface area contributed by atoms with Gasteiger partial charge in [-0.1, -0.05) is 30.3 Å². The number of hydrogen-bond donors (Lipinski definition) is 3. The zero-order chi connectivity index (χ0) is 24.4. The molecule has 0 aliphatic carbocycles. The highest BCUT2D eigenvalue weighted by molar-refractivity contribution is 7.91. The van der Waals surface area contributed by atoms with E-state index in [1.54, 1.807) is 25.3 Å². The molecule has 2 aromatic heterocycles. The lowest BCUT2D eigenvalue weighted by atomic mass is 10.1. The van der Waals surface area contributed by atoms with Gasteiger partial charge in [-0.05, 0) is 42.2 Å². The Morgan fingerprint density at radius 1 is 1.14 bits per heavy atom. The Balaban J connectivity index is 1.49. The highest BCUT2D eigenvalue weighted by atomic mass is 32.2. The van der Waals surface area contributed by atoms with Gasteiger partial charge in [0.15, 0.2) is 9.84 Å².